The average Bonchev–Trinajstić information content (AvgIpc) is 2.91. The number of nitrogens with zero attached hydrogens (tertiary/aromatic N) is 1. The lowest BCUT2D eigenvalue weighted by Gasteiger charge is -2.33. The molecule has 0 aliphatic heterocycles. The van der Waals surface area contributed by atoms with Gasteiger partial charge in [0.2, 0.25) is 15.9 Å². The molecule has 1 heterocycles. The van der Waals surface area contributed by atoms with Crippen molar-refractivity contribution in [2.45, 2.75) is 49.3 Å². The Labute approximate surface area is 140 Å². The monoisotopic (exact) mass is 364 g/mol. The van der Waals surface area contributed by atoms with Gasteiger partial charge in [-0.1, -0.05) is 30.9 Å². The summed E-state index contributed by atoms with van der Waals surface area (Å²) in [5.74, 6) is 0.00488. The van der Waals surface area contributed by atoms with Crippen LogP contribution in [0.1, 0.15) is 39.0 Å². The first-order chi connectivity index (χ1) is 10.4. The molecule has 1 aromatic rings. The van der Waals surface area contributed by atoms with E-state index in [2.05, 4.69) is 4.72 Å². The van der Waals surface area contributed by atoms with Crippen molar-refractivity contribution in [1.82, 2.24) is 9.62 Å². The van der Waals surface area contributed by atoms with Crippen LogP contribution in [0.25, 0.3) is 0 Å². The minimum absolute atomic E-state index is 0.00488. The van der Waals surface area contributed by atoms with E-state index in [9.17, 15) is 13.2 Å². The predicted octanol–water partition coefficient (Wildman–Crippen LogP) is 2.86. The molecule has 8 heteroatoms. The number of hydrogen-bond donors (Lipinski definition) is 1. The van der Waals surface area contributed by atoms with Crippen molar-refractivity contribution >= 4 is 38.9 Å². The van der Waals surface area contributed by atoms with Gasteiger partial charge in [-0.05, 0) is 25.0 Å². The second-order valence-electron chi connectivity index (χ2n) is 5.46. The van der Waals surface area contributed by atoms with E-state index in [0.717, 1.165) is 37.0 Å². The molecular weight excluding hydrogens is 344 g/mol. The first kappa shape index (κ1) is 17.7. The first-order valence-electron chi connectivity index (χ1n) is 7.42. The van der Waals surface area contributed by atoms with E-state index in [4.69, 9.17) is 11.6 Å². The Kier molecular flexibility index (Phi) is 6.26. The molecule has 0 unspecified atom stereocenters. The number of nitrogens with one attached hydrogen (secondary N) is 1. The van der Waals surface area contributed by atoms with E-state index in [1.54, 1.807) is 17.9 Å². The normalized spacial score (nSPS) is 16.6. The van der Waals surface area contributed by atoms with Gasteiger partial charge in [0.05, 0.1) is 4.34 Å². The van der Waals surface area contributed by atoms with Crippen LogP contribution in [0, 0.1) is 0 Å². The molecule has 22 heavy (non-hydrogen) atoms. The molecule has 1 aliphatic carbocycles. The summed E-state index contributed by atoms with van der Waals surface area (Å²) >= 11 is 6.79. The van der Waals surface area contributed by atoms with E-state index in [1.807, 2.05) is 0 Å². The molecule has 0 atom stereocenters. The number of carbonyl (C=O) groups excluding carboxylic acids is 1. The van der Waals surface area contributed by atoms with E-state index < -0.39 is 10.0 Å². The molecule has 1 aromatic heterocycles. The Morgan fingerprint density at radius 2 is 2.05 bits per heavy atom. The number of amides is 1. The maximum atomic E-state index is 12.1. The van der Waals surface area contributed by atoms with Gasteiger partial charge in [0.25, 0.3) is 0 Å². The van der Waals surface area contributed by atoms with E-state index in [1.165, 1.54) is 12.5 Å². The molecular formula is C14H21ClN2O3S2. The van der Waals surface area contributed by atoms with Crippen LogP contribution < -0.4 is 4.72 Å². The third kappa shape index (κ3) is 4.68. The predicted molar refractivity (Wildman–Crippen MR) is 88.8 cm³/mol. The molecule has 1 N–H and O–H groups in total. The SMILES string of the molecule is CC(=O)N(CCNS(=O)(=O)c1ccc(Cl)s1)C1CCCCC1. The largest absolute Gasteiger partial charge is 0.339 e. The van der Waals surface area contributed by atoms with Crippen LogP contribution in [0.5, 0.6) is 0 Å². The second-order valence-corrected chi connectivity index (χ2v) is 9.17. The summed E-state index contributed by atoms with van der Waals surface area (Å²) in [4.78, 5) is 13.6. The van der Waals surface area contributed by atoms with Crippen LogP contribution in [0.15, 0.2) is 16.3 Å². The second kappa shape index (κ2) is 7.77. The Hall–Kier alpha value is -0.630. The number of thiophene rings is 1. The number of hydrogen-bond acceptors (Lipinski definition) is 4. The summed E-state index contributed by atoms with van der Waals surface area (Å²) < 4.78 is 27.4. The van der Waals surface area contributed by atoms with Crippen molar-refractivity contribution in [3.63, 3.8) is 0 Å². The van der Waals surface area contributed by atoms with Gasteiger partial charge in [-0.2, -0.15) is 0 Å². The fourth-order valence-electron chi connectivity index (χ4n) is 2.80. The molecule has 1 saturated carbocycles. The lowest BCUT2D eigenvalue weighted by Crippen LogP contribution is -2.44. The zero-order valence-electron chi connectivity index (χ0n) is 12.5. The van der Waals surface area contributed by atoms with Crippen LogP contribution in [0.2, 0.25) is 4.34 Å². The third-order valence-corrected chi connectivity index (χ3v) is 7.06. The molecule has 0 saturated heterocycles. The highest BCUT2D eigenvalue weighted by Crippen LogP contribution is 2.25. The zero-order chi connectivity index (χ0) is 16.2. The summed E-state index contributed by atoms with van der Waals surface area (Å²) in [7, 11) is -3.55. The molecule has 0 radical (unpaired) electrons. The van der Waals surface area contributed by atoms with Crippen molar-refractivity contribution in [2.24, 2.45) is 0 Å². The molecule has 1 fully saturated rings. The first-order valence-corrected chi connectivity index (χ1v) is 10.1. The standard InChI is InChI=1S/C14H21ClN2O3S2/c1-11(18)17(12-5-3-2-4-6-12)10-9-16-22(19,20)14-8-7-13(15)21-14/h7-8,12,16H,2-6,9-10H2,1H3. The molecule has 1 amide bonds. The highest BCUT2D eigenvalue weighted by molar-refractivity contribution is 7.91. The van der Waals surface area contributed by atoms with Crippen LogP contribution >= 0.6 is 22.9 Å². The van der Waals surface area contributed by atoms with Gasteiger partial charge in [0.15, 0.2) is 0 Å². The summed E-state index contributed by atoms with van der Waals surface area (Å²) in [5.41, 5.74) is 0. The summed E-state index contributed by atoms with van der Waals surface area (Å²) in [6.07, 6.45) is 5.50. The van der Waals surface area contributed by atoms with Gasteiger partial charge in [0, 0.05) is 26.1 Å². The minimum atomic E-state index is -3.55. The Balaban J connectivity index is 1.91. The van der Waals surface area contributed by atoms with Gasteiger partial charge in [0.1, 0.15) is 4.21 Å². The van der Waals surface area contributed by atoms with Crippen LogP contribution in [0.4, 0.5) is 0 Å². The van der Waals surface area contributed by atoms with Gasteiger partial charge >= 0.3 is 0 Å². The zero-order valence-corrected chi connectivity index (χ0v) is 14.9. The van der Waals surface area contributed by atoms with Gasteiger partial charge in [-0.15, -0.1) is 11.3 Å². The van der Waals surface area contributed by atoms with Crippen molar-refractivity contribution in [1.29, 1.82) is 0 Å². The van der Waals surface area contributed by atoms with Gasteiger partial charge in [-0.3, -0.25) is 4.79 Å². The number of halogens is 1. The minimum Gasteiger partial charge on any atom is -0.339 e. The molecule has 0 aromatic carbocycles. The Morgan fingerprint density at radius 1 is 1.36 bits per heavy atom. The summed E-state index contributed by atoms with van der Waals surface area (Å²) in [6.45, 7) is 2.16. The Bertz CT molecular complexity index is 609. The molecule has 5 nitrogen and oxygen atoms in total. The van der Waals surface area contributed by atoms with Crippen molar-refractivity contribution in [3.8, 4) is 0 Å². The summed E-state index contributed by atoms with van der Waals surface area (Å²) in [6, 6.07) is 3.29. The van der Waals surface area contributed by atoms with Crippen LogP contribution in [0.3, 0.4) is 0 Å². The molecule has 0 spiro atoms. The topological polar surface area (TPSA) is 66.5 Å². The van der Waals surface area contributed by atoms with Crippen molar-refractivity contribution < 1.29 is 13.2 Å². The van der Waals surface area contributed by atoms with Gasteiger partial charge < -0.3 is 4.90 Å². The maximum absolute atomic E-state index is 12.1. The number of rotatable bonds is 6. The lowest BCUT2D eigenvalue weighted by molar-refractivity contribution is -0.131. The number of carbonyl (C=O) groups is 1. The van der Waals surface area contributed by atoms with Crippen LogP contribution in [-0.2, 0) is 14.8 Å². The third-order valence-electron chi connectivity index (χ3n) is 3.88. The van der Waals surface area contributed by atoms with Crippen molar-refractivity contribution in [2.75, 3.05) is 13.1 Å². The number of sulfonamides is 1. The summed E-state index contributed by atoms with van der Waals surface area (Å²) in [5, 5.41) is 0. The average molecular weight is 365 g/mol. The molecule has 124 valence electrons. The quantitative estimate of drug-likeness (QED) is 0.844. The molecule has 0 bridgehead atoms. The lowest BCUT2D eigenvalue weighted by atomic mass is 9.94. The molecule has 2 rings (SSSR count). The van der Waals surface area contributed by atoms with Crippen molar-refractivity contribution in [3.05, 3.63) is 16.5 Å². The fraction of sp³-hybridized carbons (Fsp3) is 0.643. The van der Waals surface area contributed by atoms with E-state index in [-0.39, 0.29) is 22.7 Å². The maximum Gasteiger partial charge on any atom is 0.250 e. The van der Waals surface area contributed by atoms with E-state index in [0.29, 0.717) is 10.9 Å². The van der Waals surface area contributed by atoms with Gasteiger partial charge in [-0.25, -0.2) is 13.1 Å². The van der Waals surface area contributed by atoms with Crippen LogP contribution in [-0.4, -0.2) is 38.4 Å². The highest BCUT2D eigenvalue weighted by Gasteiger charge is 2.23. The molecule has 1 aliphatic rings. The highest BCUT2D eigenvalue weighted by atomic mass is 35.5. The fourth-order valence-corrected chi connectivity index (χ4v) is 5.35. The smallest absolute Gasteiger partial charge is 0.250 e. The van der Waals surface area contributed by atoms with E-state index >= 15 is 0 Å². The Morgan fingerprint density at radius 3 is 2.59 bits per heavy atom.